The Bertz CT molecular complexity index is 1650. The average Bonchev–Trinajstić information content (AvgIpc) is 3.01. The zero-order valence-corrected chi connectivity index (χ0v) is 22.2. The number of nitrogens with zero attached hydrogens (tertiary/aromatic N) is 3. The number of nitriles is 1. The summed E-state index contributed by atoms with van der Waals surface area (Å²) >= 11 is 0. The van der Waals surface area contributed by atoms with Crippen molar-refractivity contribution in [1.29, 1.82) is 5.26 Å². The highest BCUT2D eigenvalue weighted by Gasteiger charge is 2.41. The van der Waals surface area contributed by atoms with E-state index in [4.69, 9.17) is 4.74 Å². The number of amides is 2. The van der Waals surface area contributed by atoms with Crippen LogP contribution in [0.2, 0.25) is 0 Å². The SMILES string of the molecule is CCOC(=O)C1=C(C#N)C(=O)N(c2ccccc2)C(=O)C1=Cc1ccc(N(c2ccccc2)c2ccccc2)cc1. The molecule has 1 aliphatic heterocycles. The van der Waals surface area contributed by atoms with Gasteiger partial charge in [0.15, 0.2) is 0 Å². The van der Waals surface area contributed by atoms with Crippen molar-refractivity contribution < 1.29 is 19.1 Å². The van der Waals surface area contributed by atoms with Gasteiger partial charge in [0.1, 0.15) is 11.6 Å². The molecule has 0 aromatic heterocycles. The van der Waals surface area contributed by atoms with E-state index in [-0.39, 0.29) is 17.8 Å². The summed E-state index contributed by atoms with van der Waals surface area (Å²) in [5.74, 6) is -2.50. The lowest BCUT2D eigenvalue weighted by atomic mass is 9.92. The van der Waals surface area contributed by atoms with Crippen LogP contribution >= 0.6 is 0 Å². The van der Waals surface area contributed by atoms with E-state index >= 15 is 0 Å². The summed E-state index contributed by atoms with van der Waals surface area (Å²) in [7, 11) is 0. The lowest BCUT2D eigenvalue weighted by Gasteiger charge is -2.28. The molecule has 1 aliphatic rings. The third-order valence-corrected chi connectivity index (χ3v) is 6.47. The molecule has 2 amide bonds. The van der Waals surface area contributed by atoms with E-state index in [2.05, 4.69) is 4.90 Å². The third-order valence-electron chi connectivity index (χ3n) is 6.47. The van der Waals surface area contributed by atoms with Crippen molar-refractivity contribution in [2.75, 3.05) is 16.4 Å². The predicted molar refractivity (Wildman–Crippen MR) is 157 cm³/mol. The van der Waals surface area contributed by atoms with Gasteiger partial charge in [0.05, 0.1) is 23.4 Å². The van der Waals surface area contributed by atoms with Gasteiger partial charge in [-0.25, -0.2) is 9.69 Å². The van der Waals surface area contributed by atoms with Crippen LogP contribution in [0.3, 0.4) is 0 Å². The van der Waals surface area contributed by atoms with Gasteiger partial charge < -0.3 is 9.64 Å². The van der Waals surface area contributed by atoms with Crippen LogP contribution in [0.5, 0.6) is 0 Å². The number of benzene rings is 4. The highest BCUT2D eigenvalue weighted by Crippen LogP contribution is 2.35. The van der Waals surface area contributed by atoms with Gasteiger partial charge >= 0.3 is 5.97 Å². The Balaban J connectivity index is 1.61. The van der Waals surface area contributed by atoms with E-state index in [1.54, 1.807) is 37.3 Å². The number of imide groups is 1. The smallest absolute Gasteiger partial charge is 0.340 e. The molecule has 0 unspecified atom stereocenters. The van der Waals surface area contributed by atoms with E-state index < -0.39 is 23.4 Å². The van der Waals surface area contributed by atoms with Crippen LogP contribution in [0, 0.1) is 11.3 Å². The number of ether oxygens (including phenoxy) is 1. The summed E-state index contributed by atoms with van der Waals surface area (Å²) in [6.45, 7) is 1.63. The van der Waals surface area contributed by atoms with Gasteiger partial charge in [-0.15, -0.1) is 0 Å². The van der Waals surface area contributed by atoms with Crippen LogP contribution < -0.4 is 9.80 Å². The number of esters is 1. The molecule has 7 heteroatoms. The molecule has 41 heavy (non-hydrogen) atoms. The lowest BCUT2D eigenvalue weighted by Crippen LogP contribution is -2.44. The number of carbonyl (C=O) groups is 3. The maximum atomic E-state index is 13.7. The molecule has 7 nitrogen and oxygen atoms in total. The fraction of sp³-hybridized carbons (Fsp3) is 0.0588. The molecule has 0 atom stereocenters. The minimum Gasteiger partial charge on any atom is -0.462 e. The maximum absolute atomic E-state index is 13.7. The van der Waals surface area contributed by atoms with Crippen molar-refractivity contribution in [1.82, 2.24) is 0 Å². The minimum atomic E-state index is -0.902. The molecule has 0 spiro atoms. The van der Waals surface area contributed by atoms with Crippen LogP contribution in [0.1, 0.15) is 12.5 Å². The molecule has 5 rings (SSSR count). The van der Waals surface area contributed by atoms with E-state index in [9.17, 15) is 19.6 Å². The molecule has 4 aromatic rings. The molecule has 200 valence electrons. The number of rotatable bonds is 7. The molecule has 1 heterocycles. The normalized spacial score (nSPS) is 14.1. The molecule has 0 aliphatic carbocycles. The van der Waals surface area contributed by atoms with E-state index in [1.165, 1.54) is 6.08 Å². The molecule has 0 fully saturated rings. The molecule has 0 N–H and O–H groups in total. The second kappa shape index (κ2) is 12.0. The lowest BCUT2D eigenvalue weighted by molar-refractivity contribution is -0.139. The molecular formula is C34H25N3O4. The Morgan fingerprint density at radius 1 is 0.780 bits per heavy atom. The first-order chi connectivity index (χ1) is 20.0. The van der Waals surface area contributed by atoms with Crippen LogP contribution in [-0.2, 0) is 19.1 Å². The Kier molecular flexibility index (Phi) is 7.84. The third kappa shape index (κ3) is 5.40. The van der Waals surface area contributed by atoms with Gasteiger partial charge in [-0.3, -0.25) is 9.59 Å². The fourth-order valence-corrected chi connectivity index (χ4v) is 4.63. The minimum absolute atomic E-state index is 0.0165. The van der Waals surface area contributed by atoms with Crippen molar-refractivity contribution in [3.05, 3.63) is 138 Å². The Morgan fingerprint density at radius 2 is 1.29 bits per heavy atom. The molecule has 0 bridgehead atoms. The first-order valence-electron chi connectivity index (χ1n) is 13.0. The van der Waals surface area contributed by atoms with Crippen LogP contribution in [0.4, 0.5) is 22.7 Å². The standard InChI is InChI=1S/C34H25N3O4/c1-2-41-34(40)31-29(32(38)37(33(39)30(31)23-35)27-16-10-5-11-17-27)22-24-18-20-28(21-19-24)36(25-12-6-3-7-13-25)26-14-8-4-9-15-26/h3-22H,2H2,1H3. The van der Waals surface area contributed by atoms with E-state index in [1.807, 2.05) is 91.0 Å². The Morgan fingerprint density at radius 3 is 1.80 bits per heavy atom. The van der Waals surface area contributed by atoms with Gasteiger partial charge in [-0.2, -0.15) is 5.26 Å². The zero-order valence-electron chi connectivity index (χ0n) is 22.2. The van der Waals surface area contributed by atoms with E-state index in [0.717, 1.165) is 22.0 Å². The fourth-order valence-electron chi connectivity index (χ4n) is 4.63. The van der Waals surface area contributed by atoms with Gasteiger partial charge in [-0.05, 0) is 67.1 Å². The summed E-state index contributed by atoms with van der Waals surface area (Å²) in [5, 5.41) is 9.89. The van der Waals surface area contributed by atoms with Crippen molar-refractivity contribution in [2.45, 2.75) is 6.92 Å². The van der Waals surface area contributed by atoms with Gasteiger partial charge in [0.25, 0.3) is 11.8 Å². The van der Waals surface area contributed by atoms with Gasteiger partial charge in [-0.1, -0.05) is 66.7 Å². The van der Waals surface area contributed by atoms with Crippen LogP contribution in [-0.4, -0.2) is 24.4 Å². The highest BCUT2D eigenvalue weighted by atomic mass is 16.5. The van der Waals surface area contributed by atoms with Crippen molar-refractivity contribution in [2.24, 2.45) is 0 Å². The van der Waals surface area contributed by atoms with Crippen LogP contribution in [0.15, 0.2) is 132 Å². The van der Waals surface area contributed by atoms with Crippen molar-refractivity contribution >= 4 is 46.6 Å². The number of para-hydroxylation sites is 3. The second-order valence-electron chi connectivity index (χ2n) is 9.02. The number of anilines is 4. The summed E-state index contributed by atoms with van der Waals surface area (Å²) < 4.78 is 5.15. The maximum Gasteiger partial charge on any atom is 0.340 e. The molecule has 0 saturated carbocycles. The molecule has 0 saturated heterocycles. The summed E-state index contributed by atoms with van der Waals surface area (Å²) in [5.41, 5.74) is 2.81. The number of hydrogen-bond acceptors (Lipinski definition) is 6. The van der Waals surface area contributed by atoms with Crippen LogP contribution in [0.25, 0.3) is 6.08 Å². The number of carbonyl (C=O) groups excluding carboxylic acids is 3. The molecule has 4 aromatic carbocycles. The predicted octanol–water partition coefficient (Wildman–Crippen LogP) is 6.50. The highest BCUT2D eigenvalue weighted by molar-refractivity contribution is 6.36. The monoisotopic (exact) mass is 539 g/mol. The molecule has 0 radical (unpaired) electrons. The largest absolute Gasteiger partial charge is 0.462 e. The summed E-state index contributed by atoms with van der Waals surface area (Å²) in [6, 6.07) is 37.4. The summed E-state index contributed by atoms with van der Waals surface area (Å²) in [4.78, 5) is 43.0. The Hall–Kier alpha value is -5.74. The summed E-state index contributed by atoms with van der Waals surface area (Å²) in [6.07, 6.45) is 1.51. The zero-order chi connectivity index (χ0) is 28.8. The quantitative estimate of drug-likeness (QED) is 0.151. The first kappa shape index (κ1) is 26.9. The van der Waals surface area contributed by atoms with E-state index in [0.29, 0.717) is 11.3 Å². The number of hydrogen-bond donors (Lipinski definition) is 0. The van der Waals surface area contributed by atoms with Crippen molar-refractivity contribution in [3.63, 3.8) is 0 Å². The first-order valence-corrected chi connectivity index (χ1v) is 13.0. The Labute approximate surface area is 237 Å². The van der Waals surface area contributed by atoms with Gasteiger partial charge in [0, 0.05) is 17.1 Å². The topological polar surface area (TPSA) is 90.7 Å². The molecular weight excluding hydrogens is 514 g/mol. The second-order valence-corrected chi connectivity index (χ2v) is 9.02. The average molecular weight is 540 g/mol. The van der Waals surface area contributed by atoms with Gasteiger partial charge in [0.2, 0.25) is 0 Å². The van der Waals surface area contributed by atoms with Crippen molar-refractivity contribution in [3.8, 4) is 6.07 Å².